The number of phenols is 1. The van der Waals surface area contributed by atoms with Crippen molar-refractivity contribution >= 4 is 0 Å². The molecule has 0 fully saturated rings. The van der Waals surface area contributed by atoms with Crippen molar-refractivity contribution in [3.8, 4) is 5.75 Å². The van der Waals surface area contributed by atoms with Gasteiger partial charge in [-0.2, -0.15) is 0 Å². The first-order valence-corrected chi connectivity index (χ1v) is 7.49. The smallest absolute Gasteiger partial charge is 0.115 e. The van der Waals surface area contributed by atoms with Crippen LogP contribution in [-0.2, 0) is 12.8 Å². The predicted molar refractivity (Wildman–Crippen MR) is 83.3 cm³/mol. The number of rotatable bonds is 4. The highest BCUT2D eigenvalue weighted by atomic mass is 16.3. The van der Waals surface area contributed by atoms with Gasteiger partial charge in [0.05, 0.1) is 6.10 Å². The Bertz CT molecular complexity index is 594. The first kappa shape index (κ1) is 14.1. The number of benzene rings is 2. The Balaban J connectivity index is 1.55. The van der Waals surface area contributed by atoms with Gasteiger partial charge < -0.3 is 15.5 Å². The molecule has 2 aromatic rings. The Hall–Kier alpha value is -1.84. The van der Waals surface area contributed by atoms with Crippen LogP contribution in [0.15, 0.2) is 48.5 Å². The fourth-order valence-electron chi connectivity index (χ4n) is 2.96. The van der Waals surface area contributed by atoms with Crippen LogP contribution < -0.4 is 5.32 Å². The molecule has 0 spiro atoms. The molecule has 2 atom stereocenters. The van der Waals surface area contributed by atoms with Crippen molar-refractivity contribution in [2.75, 3.05) is 6.54 Å². The van der Waals surface area contributed by atoms with Crippen molar-refractivity contribution in [1.82, 2.24) is 5.32 Å². The third-order valence-electron chi connectivity index (χ3n) is 4.22. The molecule has 0 amide bonds. The Morgan fingerprint density at radius 2 is 1.76 bits per heavy atom. The van der Waals surface area contributed by atoms with Crippen LogP contribution in [0.4, 0.5) is 0 Å². The van der Waals surface area contributed by atoms with E-state index in [1.165, 1.54) is 11.1 Å². The van der Waals surface area contributed by atoms with E-state index in [0.717, 1.165) is 24.8 Å². The summed E-state index contributed by atoms with van der Waals surface area (Å²) in [4.78, 5) is 0. The van der Waals surface area contributed by atoms with E-state index in [-0.39, 0.29) is 5.75 Å². The zero-order valence-corrected chi connectivity index (χ0v) is 12.0. The number of phenolic OH excluding ortho intramolecular Hbond substituents is 1. The lowest BCUT2D eigenvalue weighted by Gasteiger charge is -2.26. The van der Waals surface area contributed by atoms with Gasteiger partial charge in [-0.25, -0.2) is 0 Å². The van der Waals surface area contributed by atoms with Crippen molar-refractivity contribution in [2.24, 2.45) is 0 Å². The van der Waals surface area contributed by atoms with Gasteiger partial charge in [0.1, 0.15) is 5.75 Å². The summed E-state index contributed by atoms with van der Waals surface area (Å²) in [5, 5.41) is 22.9. The second-order valence-electron chi connectivity index (χ2n) is 5.72. The molecule has 0 aliphatic heterocycles. The molecule has 3 heteroatoms. The summed E-state index contributed by atoms with van der Waals surface area (Å²) in [6, 6.07) is 15.7. The van der Waals surface area contributed by atoms with Gasteiger partial charge in [-0.1, -0.05) is 36.4 Å². The minimum Gasteiger partial charge on any atom is -0.508 e. The van der Waals surface area contributed by atoms with E-state index >= 15 is 0 Å². The molecule has 0 heterocycles. The Morgan fingerprint density at radius 1 is 1.05 bits per heavy atom. The molecule has 0 saturated heterocycles. The molecule has 0 bridgehead atoms. The normalized spacial score (nSPS) is 19.0. The Kier molecular flexibility index (Phi) is 4.23. The summed E-state index contributed by atoms with van der Waals surface area (Å²) < 4.78 is 0. The van der Waals surface area contributed by atoms with Crippen molar-refractivity contribution in [1.29, 1.82) is 0 Å². The van der Waals surface area contributed by atoms with Crippen LogP contribution in [0.2, 0.25) is 0 Å². The molecule has 21 heavy (non-hydrogen) atoms. The first-order chi connectivity index (χ1) is 10.2. The molecule has 2 aromatic carbocycles. The molecular weight excluding hydrogens is 262 g/mol. The quantitative estimate of drug-likeness (QED) is 0.808. The average Bonchev–Trinajstić information content (AvgIpc) is 2.53. The SMILES string of the molecule is Oc1ccc(C(O)CN[C@H]2CCc3ccccc3C2)cc1. The third kappa shape index (κ3) is 3.43. The largest absolute Gasteiger partial charge is 0.508 e. The molecule has 3 nitrogen and oxygen atoms in total. The highest BCUT2D eigenvalue weighted by Crippen LogP contribution is 2.22. The van der Waals surface area contributed by atoms with E-state index in [2.05, 4.69) is 29.6 Å². The molecule has 0 radical (unpaired) electrons. The zero-order valence-electron chi connectivity index (χ0n) is 12.0. The topological polar surface area (TPSA) is 52.5 Å². The highest BCUT2D eigenvalue weighted by Gasteiger charge is 2.18. The van der Waals surface area contributed by atoms with Gasteiger partial charge >= 0.3 is 0 Å². The van der Waals surface area contributed by atoms with Gasteiger partial charge in [0.25, 0.3) is 0 Å². The van der Waals surface area contributed by atoms with Crippen molar-refractivity contribution < 1.29 is 10.2 Å². The van der Waals surface area contributed by atoms with Crippen LogP contribution in [0.3, 0.4) is 0 Å². The van der Waals surface area contributed by atoms with Crippen LogP contribution in [0.25, 0.3) is 0 Å². The van der Waals surface area contributed by atoms with Crippen molar-refractivity contribution in [2.45, 2.75) is 31.4 Å². The summed E-state index contributed by atoms with van der Waals surface area (Å²) in [6.07, 6.45) is 2.70. The van der Waals surface area contributed by atoms with Crippen LogP contribution in [0.5, 0.6) is 5.75 Å². The predicted octanol–water partition coefficient (Wildman–Crippen LogP) is 2.57. The molecule has 3 rings (SSSR count). The number of nitrogens with one attached hydrogen (secondary N) is 1. The molecule has 0 saturated carbocycles. The maximum atomic E-state index is 10.2. The van der Waals surface area contributed by atoms with E-state index in [4.69, 9.17) is 0 Å². The van der Waals surface area contributed by atoms with Gasteiger partial charge in [0.2, 0.25) is 0 Å². The monoisotopic (exact) mass is 283 g/mol. The van der Waals surface area contributed by atoms with Crippen molar-refractivity contribution in [3.63, 3.8) is 0 Å². The summed E-state index contributed by atoms with van der Waals surface area (Å²) >= 11 is 0. The van der Waals surface area contributed by atoms with Crippen LogP contribution >= 0.6 is 0 Å². The number of hydrogen-bond donors (Lipinski definition) is 3. The number of aliphatic hydroxyl groups is 1. The van der Waals surface area contributed by atoms with Gasteiger partial charge in [-0.3, -0.25) is 0 Å². The van der Waals surface area contributed by atoms with Gasteiger partial charge in [-0.15, -0.1) is 0 Å². The van der Waals surface area contributed by atoms with Crippen LogP contribution in [-0.4, -0.2) is 22.8 Å². The Labute approximate surface area is 125 Å². The van der Waals surface area contributed by atoms with E-state index < -0.39 is 6.10 Å². The van der Waals surface area contributed by atoms with Gasteiger partial charge in [-0.05, 0) is 48.1 Å². The fraction of sp³-hybridized carbons (Fsp3) is 0.333. The molecule has 1 aliphatic carbocycles. The zero-order chi connectivity index (χ0) is 14.7. The number of hydrogen-bond acceptors (Lipinski definition) is 3. The minimum absolute atomic E-state index is 0.225. The molecular formula is C18H21NO2. The molecule has 0 aromatic heterocycles. The summed E-state index contributed by atoms with van der Waals surface area (Å²) in [6.45, 7) is 0.539. The number of aromatic hydroxyl groups is 1. The molecule has 3 N–H and O–H groups in total. The third-order valence-corrected chi connectivity index (χ3v) is 4.22. The lowest BCUT2D eigenvalue weighted by molar-refractivity contribution is 0.168. The standard InChI is InChI=1S/C18H21NO2/c20-17-9-6-14(7-10-17)18(21)12-19-16-8-5-13-3-1-2-4-15(13)11-16/h1-4,6-7,9-10,16,18-21H,5,8,11-12H2/t16-,18?/m0/s1. The maximum Gasteiger partial charge on any atom is 0.115 e. The van der Waals surface area contributed by atoms with Crippen LogP contribution in [0.1, 0.15) is 29.2 Å². The van der Waals surface area contributed by atoms with Crippen molar-refractivity contribution in [3.05, 3.63) is 65.2 Å². The van der Waals surface area contributed by atoms with Crippen LogP contribution in [0, 0.1) is 0 Å². The summed E-state index contributed by atoms with van der Waals surface area (Å²) in [5.41, 5.74) is 3.70. The van der Waals surface area contributed by atoms with E-state index in [1.807, 2.05) is 0 Å². The lowest BCUT2D eigenvalue weighted by atomic mass is 9.88. The lowest BCUT2D eigenvalue weighted by Crippen LogP contribution is -2.37. The number of fused-ring (bicyclic) bond motifs is 1. The first-order valence-electron chi connectivity index (χ1n) is 7.49. The Morgan fingerprint density at radius 3 is 2.52 bits per heavy atom. The maximum absolute atomic E-state index is 10.2. The average molecular weight is 283 g/mol. The second-order valence-corrected chi connectivity index (χ2v) is 5.72. The molecule has 1 unspecified atom stereocenters. The van der Waals surface area contributed by atoms with Gasteiger partial charge in [0, 0.05) is 12.6 Å². The number of aliphatic hydroxyl groups excluding tert-OH is 1. The highest BCUT2D eigenvalue weighted by molar-refractivity contribution is 5.30. The van der Waals surface area contributed by atoms with E-state index in [1.54, 1.807) is 24.3 Å². The fourth-order valence-corrected chi connectivity index (χ4v) is 2.96. The summed E-state index contributed by atoms with van der Waals surface area (Å²) in [5.74, 6) is 0.225. The number of aryl methyl sites for hydroxylation is 1. The second kappa shape index (κ2) is 6.29. The molecule has 1 aliphatic rings. The van der Waals surface area contributed by atoms with E-state index in [0.29, 0.717) is 12.6 Å². The van der Waals surface area contributed by atoms with Gasteiger partial charge in [0.15, 0.2) is 0 Å². The summed E-state index contributed by atoms with van der Waals surface area (Å²) in [7, 11) is 0. The molecule has 110 valence electrons. The van der Waals surface area contributed by atoms with E-state index in [9.17, 15) is 10.2 Å². The minimum atomic E-state index is -0.539.